The van der Waals surface area contributed by atoms with Crippen molar-refractivity contribution in [3.63, 3.8) is 0 Å². The van der Waals surface area contributed by atoms with Gasteiger partial charge in [-0.2, -0.15) is 13.2 Å². The van der Waals surface area contributed by atoms with E-state index in [1.165, 1.54) is 0 Å². The Morgan fingerprint density at radius 1 is 1.11 bits per heavy atom. The highest BCUT2D eigenvalue weighted by atomic mass is 79.9. The topological polar surface area (TPSA) is 20.3 Å². The molecule has 1 aliphatic heterocycles. The first-order valence-electron chi connectivity index (χ1n) is 5.51. The summed E-state index contributed by atoms with van der Waals surface area (Å²) in [7, 11) is 0. The number of hydrogen-bond donors (Lipinski definition) is 0. The van der Waals surface area contributed by atoms with Gasteiger partial charge in [-0.3, -0.25) is 4.79 Å². The van der Waals surface area contributed by atoms with Crippen molar-refractivity contribution in [3.05, 3.63) is 28.2 Å². The van der Waals surface area contributed by atoms with Crippen LogP contribution in [0.5, 0.6) is 0 Å². The molecule has 0 bridgehead atoms. The largest absolute Gasteiger partial charge is 0.416 e. The molecular weight excluding hydrogens is 311 g/mol. The maximum atomic E-state index is 12.7. The van der Waals surface area contributed by atoms with Gasteiger partial charge in [0, 0.05) is 36.1 Å². The van der Waals surface area contributed by atoms with Gasteiger partial charge in [0.05, 0.1) is 5.56 Å². The van der Waals surface area contributed by atoms with Crippen LogP contribution in [0.25, 0.3) is 0 Å². The number of ketones is 1. The molecule has 0 amide bonds. The van der Waals surface area contributed by atoms with Crippen molar-refractivity contribution in [3.8, 4) is 0 Å². The number of benzene rings is 1. The molecule has 6 heteroatoms. The molecule has 0 radical (unpaired) electrons. The molecule has 2 nitrogen and oxygen atoms in total. The summed E-state index contributed by atoms with van der Waals surface area (Å²) < 4.78 is 38.4. The maximum Gasteiger partial charge on any atom is 0.416 e. The minimum Gasteiger partial charge on any atom is -0.371 e. The van der Waals surface area contributed by atoms with Gasteiger partial charge >= 0.3 is 6.18 Å². The van der Waals surface area contributed by atoms with Crippen LogP contribution in [0, 0.1) is 0 Å². The van der Waals surface area contributed by atoms with E-state index in [9.17, 15) is 18.0 Å². The van der Waals surface area contributed by atoms with Gasteiger partial charge in [0.25, 0.3) is 0 Å². The van der Waals surface area contributed by atoms with Crippen molar-refractivity contribution in [2.45, 2.75) is 19.0 Å². The molecule has 2 rings (SSSR count). The minimum absolute atomic E-state index is 0.164. The van der Waals surface area contributed by atoms with Crippen LogP contribution in [-0.4, -0.2) is 18.9 Å². The fourth-order valence-corrected chi connectivity index (χ4v) is 2.42. The Hall–Kier alpha value is -1.04. The standard InChI is InChI=1S/C12H11BrF3NO/c13-9-5-8(12(14,15)16)6-10(7-9)17-3-1-11(18)2-4-17/h5-7H,1-4H2. The van der Waals surface area contributed by atoms with Gasteiger partial charge in [0.2, 0.25) is 0 Å². The Morgan fingerprint density at radius 3 is 2.28 bits per heavy atom. The summed E-state index contributed by atoms with van der Waals surface area (Å²) in [4.78, 5) is 12.9. The lowest BCUT2D eigenvalue weighted by atomic mass is 10.1. The molecule has 1 aromatic carbocycles. The van der Waals surface area contributed by atoms with Gasteiger partial charge in [-0.15, -0.1) is 0 Å². The number of Topliss-reactive ketones (excluding diaryl/α,β-unsaturated/α-hetero) is 1. The van der Waals surface area contributed by atoms with E-state index in [1.807, 2.05) is 0 Å². The average Bonchev–Trinajstić information content (AvgIpc) is 2.28. The zero-order valence-corrected chi connectivity index (χ0v) is 11.0. The zero-order valence-electron chi connectivity index (χ0n) is 9.43. The fraction of sp³-hybridized carbons (Fsp3) is 0.417. The third kappa shape index (κ3) is 3.04. The van der Waals surface area contributed by atoms with Gasteiger partial charge in [-0.25, -0.2) is 0 Å². The lowest BCUT2D eigenvalue weighted by molar-refractivity contribution is -0.137. The quantitative estimate of drug-likeness (QED) is 0.787. The minimum atomic E-state index is -4.36. The molecule has 1 aliphatic rings. The summed E-state index contributed by atoms with van der Waals surface area (Å²) in [5, 5.41) is 0. The Morgan fingerprint density at radius 2 is 1.72 bits per heavy atom. The monoisotopic (exact) mass is 321 g/mol. The third-order valence-corrected chi connectivity index (χ3v) is 3.35. The van der Waals surface area contributed by atoms with Gasteiger partial charge in [-0.1, -0.05) is 15.9 Å². The van der Waals surface area contributed by atoms with E-state index in [0.717, 1.165) is 12.1 Å². The number of hydrogen-bond acceptors (Lipinski definition) is 2. The number of anilines is 1. The molecule has 1 saturated heterocycles. The van der Waals surface area contributed by atoms with Crippen LogP contribution in [-0.2, 0) is 11.0 Å². The molecular formula is C12H11BrF3NO. The first-order chi connectivity index (χ1) is 8.36. The Balaban J connectivity index is 2.28. The van der Waals surface area contributed by atoms with E-state index in [1.54, 1.807) is 11.0 Å². The number of halogens is 4. The molecule has 98 valence electrons. The van der Waals surface area contributed by atoms with Gasteiger partial charge in [-0.05, 0) is 18.2 Å². The SMILES string of the molecule is O=C1CCN(c2cc(Br)cc(C(F)(F)F)c2)CC1. The van der Waals surface area contributed by atoms with Crippen molar-refractivity contribution in [1.29, 1.82) is 0 Å². The molecule has 0 aliphatic carbocycles. The molecule has 0 saturated carbocycles. The summed E-state index contributed by atoms with van der Waals surface area (Å²) in [5.41, 5.74) is -0.173. The van der Waals surface area contributed by atoms with Crippen molar-refractivity contribution in [1.82, 2.24) is 0 Å². The number of rotatable bonds is 1. The molecule has 0 unspecified atom stereocenters. The van der Waals surface area contributed by atoms with E-state index < -0.39 is 11.7 Å². The van der Waals surface area contributed by atoms with Crippen molar-refractivity contribution in [2.24, 2.45) is 0 Å². The molecule has 1 aromatic rings. The zero-order chi connectivity index (χ0) is 13.3. The molecule has 1 heterocycles. The second-order valence-corrected chi connectivity index (χ2v) is 5.14. The van der Waals surface area contributed by atoms with Crippen LogP contribution in [0.2, 0.25) is 0 Å². The smallest absolute Gasteiger partial charge is 0.371 e. The van der Waals surface area contributed by atoms with E-state index in [2.05, 4.69) is 15.9 Å². The van der Waals surface area contributed by atoms with Crippen LogP contribution in [0.4, 0.5) is 18.9 Å². The summed E-state index contributed by atoms with van der Waals surface area (Å²) in [5.74, 6) is 0.164. The predicted octanol–water partition coefficient (Wildman–Crippen LogP) is 3.64. The van der Waals surface area contributed by atoms with Gasteiger partial charge in [0.15, 0.2) is 0 Å². The second-order valence-electron chi connectivity index (χ2n) is 4.22. The number of alkyl halides is 3. The highest BCUT2D eigenvalue weighted by Gasteiger charge is 2.31. The third-order valence-electron chi connectivity index (χ3n) is 2.90. The van der Waals surface area contributed by atoms with E-state index in [4.69, 9.17) is 0 Å². The Labute approximate surface area is 111 Å². The first-order valence-corrected chi connectivity index (χ1v) is 6.30. The molecule has 18 heavy (non-hydrogen) atoms. The van der Waals surface area contributed by atoms with Gasteiger partial charge < -0.3 is 4.90 Å². The highest BCUT2D eigenvalue weighted by molar-refractivity contribution is 9.10. The highest BCUT2D eigenvalue weighted by Crippen LogP contribution is 2.34. The molecule has 0 aromatic heterocycles. The van der Waals surface area contributed by atoms with E-state index in [-0.39, 0.29) is 5.78 Å². The first kappa shape index (κ1) is 13.4. The summed E-state index contributed by atoms with van der Waals surface area (Å²) in [6.45, 7) is 0.958. The molecule has 0 N–H and O–H groups in total. The van der Waals surface area contributed by atoms with Crippen LogP contribution < -0.4 is 4.90 Å². The lowest BCUT2D eigenvalue weighted by Gasteiger charge is -2.28. The number of carbonyl (C=O) groups is 1. The van der Waals surface area contributed by atoms with Crippen molar-refractivity contribution < 1.29 is 18.0 Å². The van der Waals surface area contributed by atoms with E-state index in [0.29, 0.717) is 36.1 Å². The maximum absolute atomic E-state index is 12.7. The summed E-state index contributed by atoms with van der Waals surface area (Å²) in [6, 6.07) is 3.82. The number of piperidine rings is 1. The average molecular weight is 322 g/mol. The van der Waals surface area contributed by atoms with E-state index >= 15 is 0 Å². The Kier molecular flexibility index (Phi) is 3.66. The van der Waals surface area contributed by atoms with Crippen LogP contribution in [0.15, 0.2) is 22.7 Å². The van der Waals surface area contributed by atoms with Gasteiger partial charge in [0.1, 0.15) is 5.78 Å². The number of carbonyl (C=O) groups excluding carboxylic acids is 1. The second kappa shape index (κ2) is 4.91. The fourth-order valence-electron chi connectivity index (χ4n) is 1.93. The van der Waals surface area contributed by atoms with Crippen LogP contribution in [0.1, 0.15) is 18.4 Å². The lowest BCUT2D eigenvalue weighted by Crippen LogP contribution is -2.33. The normalized spacial score (nSPS) is 17.1. The number of nitrogens with zero attached hydrogens (tertiary/aromatic N) is 1. The Bertz CT molecular complexity index is 463. The van der Waals surface area contributed by atoms with Crippen molar-refractivity contribution in [2.75, 3.05) is 18.0 Å². The molecule has 0 spiro atoms. The van der Waals surface area contributed by atoms with Crippen LogP contribution >= 0.6 is 15.9 Å². The predicted molar refractivity (Wildman–Crippen MR) is 65.6 cm³/mol. The summed E-state index contributed by atoms with van der Waals surface area (Å²) >= 11 is 3.09. The van der Waals surface area contributed by atoms with Crippen molar-refractivity contribution >= 4 is 27.4 Å². The molecule has 0 atom stereocenters. The summed E-state index contributed by atoms with van der Waals surface area (Å²) in [6.07, 6.45) is -3.56. The van der Waals surface area contributed by atoms with Crippen LogP contribution in [0.3, 0.4) is 0 Å². The molecule has 1 fully saturated rings.